The number of rotatable bonds is 1. The third-order valence-corrected chi connectivity index (χ3v) is 2.45. The second-order valence-electron chi connectivity index (χ2n) is 3.92. The number of hydrogen-bond donors (Lipinski definition) is 1. The zero-order valence-electron chi connectivity index (χ0n) is 8.26. The summed E-state index contributed by atoms with van der Waals surface area (Å²) in [4.78, 5) is 2.31. The minimum atomic E-state index is 0. The Morgan fingerprint density at radius 3 is 1.92 bits per heavy atom. The van der Waals surface area contributed by atoms with E-state index < -0.39 is 0 Å². The van der Waals surface area contributed by atoms with E-state index in [1.165, 1.54) is 6.42 Å². The van der Waals surface area contributed by atoms with E-state index in [1.807, 2.05) is 0 Å². The van der Waals surface area contributed by atoms with Crippen molar-refractivity contribution in [2.45, 2.75) is 31.8 Å². The van der Waals surface area contributed by atoms with E-state index >= 15 is 0 Å². The molecule has 0 saturated carbocycles. The van der Waals surface area contributed by atoms with Gasteiger partial charge in [0, 0.05) is 11.6 Å². The molecule has 0 aromatic rings. The summed E-state index contributed by atoms with van der Waals surface area (Å²) in [7, 11) is 4.30. The first kappa shape index (κ1) is 15.0. The molecule has 2 nitrogen and oxygen atoms in total. The lowest BCUT2D eigenvalue weighted by Crippen LogP contribution is -2.48. The van der Waals surface area contributed by atoms with Crippen LogP contribution in [0.4, 0.5) is 0 Å². The molecule has 1 atom stereocenters. The quantitative estimate of drug-likeness (QED) is 0.713. The Kier molecular flexibility index (Phi) is 6.59. The average molecular weight is 215 g/mol. The molecular weight excluding hydrogens is 195 g/mol. The Labute approximate surface area is 87.9 Å². The van der Waals surface area contributed by atoms with Gasteiger partial charge >= 0.3 is 0 Å². The predicted molar refractivity (Wildman–Crippen MR) is 58.7 cm³/mol. The van der Waals surface area contributed by atoms with Crippen molar-refractivity contribution in [1.29, 1.82) is 0 Å². The van der Waals surface area contributed by atoms with Gasteiger partial charge in [-0.25, -0.2) is 0 Å². The van der Waals surface area contributed by atoms with Gasteiger partial charge in [0.25, 0.3) is 0 Å². The summed E-state index contributed by atoms with van der Waals surface area (Å²) in [5.41, 5.74) is 0.309. The van der Waals surface area contributed by atoms with E-state index in [9.17, 15) is 0 Å². The van der Waals surface area contributed by atoms with Gasteiger partial charge in [0.2, 0.25) is 0 Å². The minimum Gasteiger partial charge on any atom is -0.310 e. The summed E-state index contributed by atoms with van der Waals surface area (Å²) < 4.78 is 0. The fourth-order valence-electron chi connectivity index (χ4n) is 1.91. The lowest BCUT2D eigenvalue weighted by atomic mass is 9.96. The third kappa shape index (κ3) is 3.09. The first-order chi connectivity index (χ1) is 4.54. The van der Waals surface area contributed by atoms with E-state index in [0.29, 0.717) is 11.6 Å². The fourth-order valence-corrected chi connectivity index (χ4v) is 1.91. The van der Waals surface area contributed by atoms with Gasteiger partial charge in [-0.1, -0.05) is 0 Å². The van der Waals surface area contributed by atoms with Crippen LogP contribution < -0.4 is 5.32 Å². The second kappa shape index (κ2) is 5.28. The Balaban J connectivity index is 0. The van der Waals surface area contributed by atoms with Crippen molar-refractivity contribution in [3.63, 3.8) is 0 Å². The molecule has 1 saturated heterocycles. The van der Waals surface area contributed by atoms with Gasteiger partial charge in [0.15, 0.2) is 0 Å². The predicted octanol–water partition coefficient (Wildman–Crippen LogP) is 1.53. The van der Waals surface area contributed by atoms with Gasteiger partial charge in [-0.2, -0.15) is 0 Å². The van der Waals surface area contributed by atoms with Crippen LogP contribution in [0.15, 0.2) is 0 Å². The van der Waals surface area contributed by atoms with Crippen LogP contribution >= 0.6 is 24.8 Å². The Morgan fingerprint density at radius 2 is 1.75 bits per heavy atom. The molecule has 1 unspecified atom stereocenters. The number of hydrogen-bond acceptors (Lipinski definition) is 2. The monoisotopic (exact) mass is 214 g/mol. The molecule has 0 radical (unpaired) electrons. The summed E-state index contributed by atoms with van der Waals surface area (Å²) >= 11 is 0. The van der Waals surface area contributed by atoms with Crippen molar-refractivity contribution in [3.05, 3.63) is 0 Å². The van der Waals surface area contributed by atoms with Gasteiger partial charge in [0.1, 0.15) is 0 Å². The van der Waals surface area contributed by atoms with Crippen molar-refractivity contribution >= 4 is 24.8 Å². The highest BCUT2D eigenvalue weighted by Crippen LogP contribution is 2.21. The molecule has 1 heterocycles. The molecule has 1 N–H and O–H groups in total. The largest absolute Gasteiger partial charge is 0.310 e. The third-order valence-electron chi connectivity index (χ3n) is 2.45. The maximum absolute atomic E-state index is 3.49. The molecular formula is C8H20Cl2N2. The van der Waals surface area contributed by atoms with Crippen LogP contribution in [0.3, 0.4) is 0 Å². The zero-order chi connectivity index (χ0) is 7.78. The highest BCUT2D eigenvalue weighted by molar-refractivity contribution is 5.85. The molecule has 0 aromatic carbocycles. The summed E-state index contributed by atoms with van der Waals surface area (Å²) in [6.07, 6.45) is 1.28. The first-order valence-corrected chi connectivity index (χ1v) is 3.95. The molecule has 12 heavy (non-hydrogen) atoms. The van der Waals surface area contributed by atoms with Gasteiger partial charge < -0.3 is 10.2 Å². The smallest absolute Gasteiger partial charge is 0.0280 e. The van der Waals surface area contributed by atoms with Gasteiger partial charge in [-0.05, 0) is 40.9 Å². The summed E-state index contributed by atoms with van der Waals surface area (Å²) in [5.74, 6) is 0. The summed E-state index contributed by atoms with van der Waals surface area (Å²) in [6.45, 7) is 5.70. The maximum atomic E-state index is 3.49. The average Bonchev–Trinajstić information content (AvgIpc) is 2.08. The number of likely N-dealkylation sites (N-methyl/N-ethyl adjacent to an activating group) is 1. The van der Waals surface area contributed by atoms with Crippen LogP contribution in [-0.4, -0.2) is 37.1 Å². The van der Waals surface area contributed by atoms with Crippen molar-refractivity contribution in [1.82, 2.24) is 10.2 Å². The van der Waals surface area contributed by atoms with Gasteiger partial charge in [0.05, 0.1) is 0 Å². The summed E-state index contributed by atoms with van der Waals surface area (Å²) in [5, 5.41) is 3.49. The van der Waals surface area contributed by atoms with Gasteiger partial charge in [-0.3, -0.25) is 0 Å². The first-order valence-electron chi connectivity index (χ1n) is 3.95. The molecule has 0 spiro atoms. The Hall–Kier alpha value is 0.500. The molecule has 1 aliphatic rings. The van der Waals surface area contributed by atoms with E-state index in [0.717, 1.165) is 6.54 Å². The second-order valence-corrected chi connectivity index (χ2v) is 3.92. The van der Waals surface area contributed by atoms with Crippen LogP contribution in [0.5, 0.6) is 0 Å². The molecule has 1 rings (SSSR count). The SMILES string of the molecule is CN(C)C1CCNC1(C)C.Cl.Cl. The summed E-state index contributed by atoms with van der Waals surface area (Å²) in [6, 6.07) is 0.701. The van der Waals surface area contributed by atoms with E-state index in [4.69, 9.17) is 0 Å². The van der Waals surface area contributed by atoms with Crippen molar-refractivity contribution < 1.29 is 0 Å². The fraction of sp³-hybridized carbons (Fsp3) is 1.00. The van der Waals surface area contributed by atoms with Crippen molar-refractivity contribution in [2.75, 3.05) is 20.6 Å². The van der Waals surface area contributed by atoms with E-state index in [1.54, 1.807) is 0 Å². The molecule has 76 valence electrons. The molecule has 1 aliphatic heterocycles. The van der Waals surface area contributed by atoms with Crippen molar-refractivity contribution in [2.24, 2.45) is 0 Å². The van der Waals surface area contributed by atoms with Crippen LogP contribution in [-0.2, 0) is 0 Å². The molecule has 0 aliphatic carbocycles. The van der Waals surface area contributed by atoms with Crippen LogP contribution in [0, 0.1) is 0 Å². The number of nitrogens with zero attached hydrogens (tertiary/aromatic N) is 1. The van der Waals surface area contributed by atoms with Crippen LogP contribution in [0.1, 0.15) is 20.3 Å². The molecule has 0 bridgehead atoms. The van der Waals surface area contributed by atoms with Crippen molar-refractivity contribution in [3.8, 4) is 0 Å². The Morgan fingerprint density at radius 1 is 1.25 bits per heavy atom. The lowest BCUT2D eigenvalue weighted by molar-refractivity contribution is 0.216. The highest BCUT2D eigenvalue weighted by atomic mass is 35.5. The Bertz CT molecular complexity index is 126. The van der Waals surface area contributed by atoms with E-state index in [-0.39, 0.29) is 24.8 Å². The zero-order valence-corrected chi connectivity index (χ0v) is 9.89. The normalized spacial score (nSPS) is 26.2. The number of halogens is 2. The lowest BCUT2D eigenvalue weighted by Gasteiger charge is -2.32. The van der Waals surface area contributed by atoms with Crippen LogP contribution in [0.2, 0.25) is 0 Å². The maximum Gasteiger partial charge on any atom is 0.0280 e. The highest BCUT2D eigenvalue weighted by Gasteiger charge is 2.34. The topological polar surface area (TPSA) is 15.3 Å². The van der Waals surface area contributed by atoms with Gasteiger partial charge in [-0.15, -0.1) is 24.8 Å². The van der Waals surface area contributed by atoms with Crippen LogP contribution in [0.25, 0.3) is 0 Å². The molecule has 0 amide bonds. The van der Waals surface area contributed by atoms with E-state index in [2.05, 4.69) is 38.2 Å². The molecule has 1 fully saturated rings. The minimum absolute atomic E-state index is 0. The molecule has 0 aromatic heterocycles. The number of nitrogens with one attached hydrogen (secondary N) is 1. The standard InChI is InChI=1S/C8H18N2.2ClH/c1-8(2)7(10(3)4)5-6-9-8;;/h7,9H,5-6H2,1-4H3;2*1H. The molecule has 4 heteroatoms.